The molecule has 0 aliphatic heterocycles. The summed E-state index contributed by atoms with van der Waals surface area (Å²) in [5.74, 6) is -1.00. The Morgan fingerprint density at radius 3 is 2.47 bits per heavy atom. The van der Waals surface area contributed by atoms with Crippen LogP contribution in [0.1, 0.15) is 19.4 Å². The zero-order chi connectivity index (χ0) is 14.3. The van der Waals surface area contributed by atoms with Crippen molar-refractivity contribution in [3.05, 3.63) is 35.9 Å². The molecule has 0 aromatic heterocycles. The second-order valence-electron chi connectivity index (χ2n) is 4.19. The number of aliphatic carboxylic acids is 1. The van der Waals surface area contributed by atoms with E-state index in [4.69, 9.17) is 0 Å². The fourth-order valence-corrected chi connectivity index (χ4v) is 2.75. The molecule has 104 valence electrons. The average molecular weight is 281 g/mol. The Balaban J connectivity index is 2.63. The first-order valence-electron chi connectivity index (χ1n) is 6.24. The van der Waals surface area contributed by atoms with E-state index >= 15 is 0 Å². The number of rotatable bonds is 7. The topological polar surface area (TPSA) is 66.4 Å². The Labute approximate surface area is 117 Å². The van der Waals surface area contributed by atoms with E-state index in [1.54, 1.807) is 6.92 Å². The smallest absolute Gasteiger partial charge is 0.316 e. The maximum absolute atomic E-state index is 11.6. The van der Waals surface area contributed by atoms with Crippen LogP contribution < -0.4 is 5.32 Å². The van der Waals surface area contributed by atoms with Gasteiger partial charge in [0.05, 0.1) is 5.25 Å². The molecular formula is C14H19NO3S. The van der Waals surface area contributed by atoms with Gasteiger partial charge in [-0.1, -0.05) is 30.3 Å². The molecule has 19 heavy (non-hydrogen) atoms. The number of nitrogens with one attached hydrogen (secondary N) is 1. The highest BCUT2D eigenvalue weighted by molar-refractivity contribution is 8.01. The summed E-state index contributed by atoms with van der Waals surface area (Å²) in [6.07, 6.45) is 0.421. The van der Waals surface area contributed by atoms with Crippen LogP contribution in [-0.2, 0) is 16.0 Å². The molecule has 1 amide bonds. The molecule has 0 saturated carbocycles. The summed E-state index contributed by atoms with van der Waals surface area (Å²) in [4.78, 5) is 22.9. The summed E-state index contributed by atoms with van der Waals surface area (Å²) >= 11 is 1.18. The van der Waals surface area contributed by atoms with Gasteiger partial charge in [0, 0.05) is 6.54 Å². The summed E-state index contributed by atoms with van der Waals surface area (Å²) in [5, 5.41) is 11.0. The molecule has 4 nitrogen and oxygen atoms in total. The van der Waals surface area contributed by atoms with Crippen molar-refractivity contribution in [2.75, 3.05) is 6.54 Å². The summed E-state index contributed by atoms with van der Waals surface area (Å²) in [6, 6.07) is 9.45. The Morgan fingerprint density at radius 1 is 1.32 bits per heavy atom. The van der Waals surface area contributed by atoms with Crippen LogP contribution in [0.4, 0.5) is 0 Å². The quantitative estimate of drug-likeness (QED) is 0.801. The van der Waals surface area contributed by atoms with Gasteiger partial charge in [-0.3, -0.25) is 9.59 Å². The van der Waals surface area contributed by atoms with Crippen molar-refractivity contribution in [3.63, 3.8) is 0 Å². The van der Waals surface area contributed by atoms with Crippen molar-refractivity contribution >= 4 is 23.6 Å². The lowest BCUT2D eigenvalue weighted by Gasteiger charge is -2.17. The average Bonchev–Trinajstić information content (AvgIpc) is 2.39. The molecule has 1 rings (SSSR count). The van der Waals surface area contributed by atoms with Gasteiger partial charge in [0.1, 0.15) is 5.25 Å². The Morgan fingerprint density at radius 2 is 1.95 bits per heavy atom. The number of hydrogen-bond donors (Lipinski definition) is 2. The minimum absolute atomic E-state index is 0.119. The normalized spacial score (nSPS) is 13.6. The third kappa shape index (κ3) is 5.34. The highest BCUT2D eigenvalue weighted by Gasteiger charge is 2.24. The van der Waals surface area contributed by atoms with Gasteiger partial charge in [-0.2, -0.15) is 0 Å². The first-order chi connectivity index (χ1) is 9.04. The number of amides is 1. The molecule has 0 aliphatic carbocycles. The number of thioether (sulfide) groups is 1. The van der Waals surface area contributed by atoms with Gasteiger partial charge >= 0.3 is 5.97 Å². The first-order valence-corrected chi connectivity index (χ1v) is 7.18. The number of carboxylic acids is 1. The monoisotopic (exact) mass is 281 g/mol. The third-order valence-electron chi connectivity index (χ3n) is 2.63. The van der Waals surface area contributed by atoms with Crippen LogP contribution in [0.25, 0.3) is 0 Å². The highest BCUT2D eigenvalue weighted by Crippen LogP contribution is 2.22. The molecule has 0 heterocycles. The van der Waals surface area contributed by atoms with Crippen LogP contribution in [0.15, 0.2) is 30.3 Å². The van der Waals surface area contributed by atoms with E-state index in [1.165, 1.54) is 11.8 Å². The van der Waals surface area contributed by atoms with Gasteiger partial charge in [-0.05, 0) is 25.8 Å². The second kappa shape index (κ2) is 7.84. The zero-order valence-electron chi connectivity index (χ0n) is 11.1. The van der Waals surface area contributed by atoms with Gasteiger partial charge < -0.3 is 10.4 Å². The van der Waals surface area contributed by atoms with Crippen molar-refractivity contribution in [1.29, 1.82) is 0 Å². The number of carboxylic acid groups (broad SMARTS) is 1. The molecule has 0 aliphatic rings. The number of benzene rings is 1. The fourth-order valence-electron chi connectivity index (χ4n) is 1.65. The lowest BCUT2D eigenvalue weighted by Crippen LogP contribution is -2.33. The molecule has 2 atom stereocenters. The standard InChI is InChI=1S/C14H19NO3S/c1-3-15-13(16)10(2)19-12(14(17)18)9-11-7-5-4-6-8-11/h4-8,10,12H,3,9H2,1-2H3,(H,15,16)(H,17,18). The van der Waals surface area contributed by atoms with Crippen molar-refractivity contribution in [1.82, 2.24) is 5.32 Å². The Hall–Kier alpha value is -1.49. The maximum Gasteiger partial charge on any atom is 0.316 e. The largest absolute Gasteiger partial charge is 0.480 e. The van der Waals surface area contributed by atoms with E-state index in [2.05, 4.69) is 5.32 Å². The number of hydrogen-bond acceptors (Lipinski definition) is 3. The lowest BCUT2D eigenvalue weighted by molar-refractivity contribution is -0.136. The van der Waals surface area contributed by atoms with E-state index in [0.717, 1.165) is 5.56 Å². The van der Waals surface area contributed by atoms with Crippen molar-refractivity contribution in [2.45, 2.75) is 30.8 Å². The maximum atomic E-state index is 11.6. The minimum Gasteiger partial charge on any atom is -0.480 e. The minimum atomic E-state index is -0.884. The third-order valence-corrected chi connectivity index (χ3v) is 3.95. The molecule has 2 N–H and O–H groups in total. The van der Waals surface area contributed by atoms with Crippen LogP contribution in [0.2, 0.25) is 0 Å². The highest BCUT2D eigenvalue weighted by atomic mass is 32.2. The van der Waals surface area contributed by atoms with Crippen molar-refractivity contribution in [2.24, 2.45) is 0 Å². The first kappa shape index (κ1) is 15.6. The van der Waals surface area contributed by atoms with E-state index in [1.807, 2.05) is 37.3 Å². The molecule has 0 fully saturated rings. The van der Waals surface area contributed by atoms with Crippen LogP contribution >= 0.6 is 11.8 Å². The SMILES string of the molecule is CCNC(=O)C(C)SC(Cc1ccccc1)C(=O)O. The fraction of sp³-hybridized carbons (Fsp3) is 0.429. The zero-order valence-corrected chi connectivity index (χ0v) is 11.9. The van der Waals surface area contributed by atoms with E-state index in [9.17, 15) is 14.7 Å². The summed E-state index contributed by atoms with van der Waals surface area (Å²) in [5.41, 5.74) is 0.963. The van der Waals surface area contributed by atoms with Crippen molar-refractivity contribution < 1.29 is 14.7 Å². The molecule has 2 unspecified atom stereocenters. The molecule has 1 aromatic carbocycles. The van der Waals surface area contributed by atoms with Crippen LogP contribution in [0.3, 0.4) is 0 Å². The Kier molecular flexibility index (Phi) is 6.42. The van der Waals surface area contributed by atoms with Gasteiger partial charge in [0.25, 0.3) is 0 Å². The number of carbonyl (C=O) groups excluding carboxylic acids is 1. The molecule has 5 heteroatoms. The van der Waals surface area contributed by atoms with Crippen LogP contribution in [-0.4, -0.2) is 34.0 Å². The molecule has 0 saturated heterocycles. The van der Waals surface area contributed by atoms with Gasteiger partial charge in [-0.15, -0.1) is 11.8 Å². The molecular weight excluding hydrogens is 262 g/mol. The Bertz CT molecular complexity index is 422. The molecule has 0 bridgehead atoms. The van der Waals surface area contributed by atoms with Gasteiger partial charge in [0.2, 0.25) is 5.91 Å². The molecule has 1 aromatic rings. The van der Waals surface area contributed by atoms with E-state index in [0.29, 0.717) is 13.0 Å². The lowest BCUT2D eigenvalue weighted by atomic mass is 10.1. The van der Waals surface area contributed by atoms with Gasteiger partial charge in [-0.25, -0.2) is 0 Å². The summed E-state index contributed by atoms with van der Waals surface area (Å²) in [7, 11) is 0. The molecule has 0 spiro atoms. The number of carbonyl (C=O) groups is 2. The molecule has 0 radical (unpaired) electrons. The van der Waals surface area contributed by atoms with Crippen LogP contribution in [0.5, 0.6) is 0 Å². The predicted molar refractivity (Wildman–Crippen MR) is 77.3 cm³/mol. The second-order valence-corrected chi connectivity index (χ2v) is 5.74. The summed E-state index contributed by atoms with van der Waals surface area (Å²) in [6.45, 7) is 4.13. The van der Waals surface area contributed by atoms with Crippen molar-refractivity contribution in [3.8, 4) is 0 Å². The predicted octanol–water partition coefficient (Wildman–Crippen LogP) is 1.94. The van der Waals surface area contributed by atoms with E-state index < -0.39 is 11.2 Å². The van der Waals surface area contributed by atoms with E-state index in [-0.39, 0.29) is 11.2 Å². The van der Waals surface area contributed by atoms with Gasteiger partial charge in [0.15, 0.2) is 0 Å². The van der Waals surface area contributed by atoms with Crippen LogP contribution in [0, 0.1) is 0 Å². The summed E-state index contributed by atoms with van der Waals surface area (Å²) < 4.78 is 0.